The Hall–Kier alpha value is -1.03. The first-order chi connectivity index (χ1) is 7.56. The second-order valence-corrected chi connectivity index (χ2v) is 4.64. The number of carbonyl (C=O) groups excluding carboxylic acids is 1. The number of halogens is 1. The molecule has 1 unspecified atom stereocenters. The number of para-hydroxylation sites is 1. The Morgan fingerprint density at radius 1 is 1.44 bits per heavy atom. The summed E-state index contributed by atoms with van der Waals surface area (Å²) in [5.74, 6) is 0.113. The predicted molar refractivity (Wildman–Crippen MR) is 68.0 cm³/mol. The van der Waals surface area contributed by atoms with E-state index in [0.717, 1.165) is 0 Å². The van der Waals surface area contributed by atoms with Gasteiger partial charge in [0.05, 0.1) is 5.56 Å². The Labute approximate surface area is 104 Å². The van der Waals surface area contributed by atoms with E-state index in [0.29, 0.717) is 16.8 Å². The van der Waals surface area contributed by atoms with Crippen molar-refractivity contribution in [3.8, 4) is 5.75 Å². The van der Waals surface area contributed by atoms with E-state index in [2.05, 4.69) is 21.2 Å². The summed E-state index contributed by atoms with van der Waals surface area (Å²) in [6.45, 7) is 4.08. The van der Waals surface area contributed by atoms with Crippen LogP contribution in [0, 0.1) is 5.92 Å². The van der Waals surface area contributed by atoms with Crippen LogP contribution in [0.4, 0.5) is 0 Å². The number of hydrogen-bond donors (Lipinski definition) is 2. The maximum absolute atomic E-state index is 11.8. The van der Waals surface area contributed by atoms with Gasteiger partial charge in [-0.25, -0.2) is 0 Å². The lowest BCUT2D eigenvalue weighted by molar-refractivity contribution is 0.0929. The normalized spacial score (nSPS) is 12.5. The Morgan fingerprint density at radius 2 is 2.06 bits per heavy atom. The third-order valence-corrected chi connectivity index (χ3v) is 3.13. The lowest BCUT2D eigenvalue weighted by Crippen LogP contribution is -2.39. The average Bonchev–Trinajstić information content (AvgIpc) is 2.25. The molecule has 88 valence electrons. The fourth-order valence-corrected chi connectivity index (χ4v) is 2.20. The second-order valence-electron chi connectivity index (χ2n) is 4.00. The van der Waals surface area contributed by atoms with Crippen molar-refractivity contribution in [2.75, 3.05) is 5.33 Å². The third kappa shape index (κ3) is 3.23. The highest BCUT2D eigenvalue weighted by Crippen LogP contribution is 2.16. The summed E-state index contributed by atoms with van der Waals surface area (Å²) >= 11 is 3.36. The number of phenols is 1. The van der Waals surface area contributed by atoms with Gasteiger partial charge >= 0.3 is 0 Å². The highest BCUT2D eigenvalue weighted by atomic mass is 79.9. The Bertz CT molecular complexity index is 366. The van der Waals surface area contributed by atoms with Gasteiger partial charge in [-0.15, -0.1) is 0 Å². The zero-order valence-corrected chi connectivity index (χ0v) is 11.0. The smallest absolute Gasteiger partial charge is 0.255 e. The summed E-state index contributed by atoms with van der Waals surface area (Å²) < 4.78 is 0. The number of alkyl halides is 1. The van der Waals surface area contributed by atoms with Crippen LogP contribution in [0.1, 0.15) is 24.2 Å². The first kappa shape index (κ1) is 13.0. The highest BCUT2D eigenvalue weighted by Gasteiger charge is 2.17. The molecule has 0 radical (unpaired) electrons. The molecule has 1 aromatic rings. The summed E-state index contributed by atoms with van der Waals surface area (Å²) in [5, 5.41) is 13.1. The van der Waals surface area contributed by atoms with Gasteiger partial charge in [-0.05, 0) is 18.1 Å². The molecular formula is C12H16BrNO2. The van der Waals surface area contributed by atoms with Crippen molar-refractivity contribution < 1.29 is 9.90 Å². The van der Waals surface area contributed by atoms with Crippen LogP contribution in [0.2, 0.25) is 0 Å². The summed E-state index contributed by atoms with van der Waals surface area (Å²) in [4.78, 5) is 11.8. The molecule has 0 aromatic heterocycles. The number of aromatic hydroxyl groups is 1. The minimum absolute atomic E-state index is 0.0112. The molecule has 0 spiro atoms. The number of amides is 1. The van der Waals surface area contributed by atoms with E-state index >= 15 is 0 Å². The number of nitrogens with one attached hydrogen (secondary N) is 1. The lowest BCUT2D eigenvalue weighted by atomic mass is 10.1. The summed E-state index contributed by atoms with van der Waals surface area (Å²) in [5.41, 5.74) is 0.314. The van der Waals surface area contributed by atoms with Crippen molar-refractivity contribution in [1.29, 1.82) is 0 Å². The van der Waals surface area contributed by atoms with Crippen LogP contribution in [0.3, 0.4) is 0 Å². The molecule has 0 aliphatic rings. The average molecular weight is 286 g/mol. The molecule has 0 saturated carbocycles. The monoisotopic (exact) mass is 285 g/mol. The number of hydrogen-bond acceptors (Lipinski definition) is 2. The fraction of sp³-hybridized carbons (Fsp3) is 0.417. The van der Waals surface area contributed by atoms with Crippen LogP contribution >= 0.6 is 15.9 Å². The largest absolute Gasteiger partial charge is 0.507 e. The van der Waals surface area contributed by atoms with Crippen LogP contribution in [0.5, 0.6) is 5.75 Å². The molecule has 1 amide bonds. The molecule has 3 nitrogen and oxygen atoms in total. The Morgan fingerprint density at radius 3 is 2.56 bits per heavy atom. The van der Waals surface area contributed by atoms with Gasteiger partial charge in [-0.3, -0.25) is 4.79 Å². The van der Waals surface area contributed by atoms with Gasteiger partial charge in [0.1, 0.15) is 5.75 Å². The number of benzene rings is 1. The predicted octanol–water partition coefficient (Wildman–Crippen LogP) is 2.54. The molecule has 0 aliphatic heterocycles. The van der Waals surface area contributed by atoms with E-state index in [1.54, 1.807) is 18.2 Å². The number of carbonyl (C=O) groups is 1. The quantitative estimate of drug-likeness (QED) is 0.836. The van der Waals surface area contributed by atoms with Crippen molar-refractivity contribution in [2.24, 2.45) is 5.92 Å². The maximum atomic E-state index is 11.8. The van der Waals surface area contributed by atoms with E-state index in [4.69, 9.17) is 0 Å². The molecule has 1 aromatic carbocycles. The van der Waals surface area contributed by atoms with Crippen LogP contribution in [0.15, 0.2) is 24.3 Å². The summed E-state index contributed by atoms with van der Waals surface area (Å²) in [6, 6.07) is 6.60. The third-order valence-electron chi connectivity index (χ3n) is 2.44. The molecule has 16 heavy (non-hydrogen) atoms. The first-order valence-corrected chi connectivity index (χ1v) is 6.33. The zero-order valence-electron chi connectivity index (χ0n) is 9.40. The topological polar surface area (TPSA) is 49.3 Å². The Balaban J connectivity index is 2.76. The van der Waals surface area contributed by atoms with E-state index < -0.39 is 0 Å². The van der Waals surface area contributed by atoms with Crippen LogP contribution in [-0.4, -0.2) is 22.4 Å². The SMILES string of the molecule is CC(C)C(CBr)NC(=O)c1ccccc1O. The molecule has 0 fully saturated rings. The van der Waals surface area contributed by atoms with E-state index in [-0.39, 0.29) is 17.7 Å². The molecule has 1 atom stereocenters. The van der Waals surface area contributed by atoms with E-state index in [9.17, 15) is 9.90 Å². The van der Waals surface area contributed by atoms with Crippen molar-refractivity contribution in [3.05, 3.63) is 29.8 Å². The molecule has 4 heteroatoms. The standard InChI is InChI=1S/C12H16BrNO2/c1-8(2)10(7-13)14-12(16)9-5-3-4-6-11(9)15/h3-6,8,10,15H,7H2,1-2H3,(H,14,16). The Kier molecular flexibility index (Phi) is 4.80. The van der Waals surface area contributed by atoms with Crippen LogP contribution in [0.25, 0.3) is 0 Å². The van der Waals surface area contributed by atoms with Gasteiger partial charge in [0, 0.05) is 11.4 Å². The van der Waals surface area contributed by atoms with Gasteiger partial charge in [-0.2, -0.15) is 0 Å². The molecular weight excluding hydrogens is 270 g/mol. The lowest BCUT2D eigenvalue weighted by Gasteiger charge is -2.20. The van der Waals surface area contributed by atoms with Gasteiger partial charge in [0.25, 0.3) is 5.91 Å². The maximum Gasteiger partial charge on any atom is 0.255 e. The van der Waals surface area contributed by atoms with Crippen molar-refractivity contribution >= 4 is 21.8 Å². The summed E-state index contributed by atoms with van der Waals surface area (Å²) in [6.07, 6.45) is 0. The van der Waals surface area contributed by atoms with Crippen LogP contribution in [-0.2, 0) is 0 Å². The number of phenolic OH excluding ortho intramolecular Hbond substituents is 1. The minimum atomic E-state index is -0.240. The van der Waals surface area contributed by atoms with Crippen molar-refractivity contribution in [3.63, 3.8) is 0 Å². The van der Waals surface area contributed by atoms with Crippen molar-refractivity contribution in [1.82, 2.24) is 5.32 Å². The zero-order chi connectivity index (χ0) is 12.1. The van der Waals surface area contributed by atoms with E-state index in [1.807, 2.05) is 13.8 Å². The number of rotatable bonds is 4. The van der Waals surface area contributed by atoms with Crippen molar-refractivity contribution in [2.45, 2.75) is 19.9 Å². The molecule has 0 bridgehead atoms. The molecule has 0 saturated heterocycles. The second kappa shape index (κ2) is 5.89. The van der Waals surface area contributed by atoms with Gasteiger partial charge in [-0.1, -0.05) is 41.9 Å². The molecule has 1 rings (SSSR count). The molecule has 2 N–H and O–H groups in total. The van der Waals surface area contributed by atoms with Gasteiger partial charge in [0.2, 0.25) is 0 Å². The fourth-order valence-electron chi connectivity index (χ4n) is 1.30. The molecule has 0 heterocycles. The summed E-state index contributed by atoms with van der Waals surface area (Å²) in [7, 11) is 0. The van der Waals surface area contributed by atoms with Crippen LogP contribution < -0.4 is 5.32 Å². The molecule has 0 aliphatic carbocycles. The highest BCUT2D eigenvalue weighted by molar-refractivity contribution is 9.09. The van der Waals surface area contributed by atoms with E-state index in [1.165, 1.54) is 6.07 Å². The first-order valence-electron chi connectivity index (χ1n) is 5.21. The van der Waals surface area contributed by atoms with Gasteiger partial charge in [0.15, 0.2) is 0 Å². The minimum Gasteiger partial charge on any atom is -0.507 e. The van der Waals surface area contributed by atoms with Gasteiger partial charge < -0.3 is 10.4 Å².